The summed E-state index contributed by atoms with van der Waals surface area (Å²) in [6.07, 6.45) is 0.549. The fourth-order valence-electron chi connectivity index (χ4n) is 2.65. The van der Waals surface area contributed by atoms with E-state index in [-0.39, 0.29) is 30.6 Å². The van der Waals surface area contributed by atoms with Crippen molar-refractivity contribution in [1.82, 2.24) is 0 Å². The Hall–Kier alpha value is -2.78. The molecule has 0 heterocycles. The second-order valence-corrected chi connectivity index (χ2v) is 6.89. The molecule has 8 nitrogen and oxygen atoms in total. The van der Waals surface area contributed by atoms with Crippen molar-refractivity contribution in [1.29, 1.82) is 5.41 Å². The van der Waals surface area contributed by atoms with E-state index in [1.807, 2.05) is 6.92 Å². The Kier molecular flexibility index (Phi) is 8.93. The van der Waals surface area contributed by atoms with Crippen LogP contribution < -0.4 is 26.6 Å². The summed E-state index contributed by atoms with van der Waals surface area (Å²) >= 11 is 3.37. The maximum Gasteiger partial charge on any atom is 0.255 e. The molecule has 0 aromatic heterocycles. The van der Waals surface area contributed by atoms with Crippen LogP contribution in [0, 0.1) is 5.41 Å². The molecule has 0 fully saturated rings. The third kappa shape index (κ3) is 6.37. The number of primary amides is 1. The molecule has 2 rings (SSSR count). The first-order chi connectivity index (χ1) is 13.2. The summed E-state index contributed by atoms with van der Waals surface area (Å²) in [6.45, 7) is 1.50. The molecule has 10 heteroatoms. The number of nitrogens with one attached hydrogen (secondary N) is 2. The Morgan fingerprint density at radius 1 is 1.24 bits per heavy atom. The molecule has 0 aliphatic carbocycles. The largest absolute Gasteiger partial charge is 0.548 e. The number of carbonyl (C=O) groups excluding carboxylic acids is 2. The van der Waals surface area contributed by atoms with Gasteiger partial charge in [-0.1, -0.05) is 22.9 Å². The SMILES string of the molecule is CCc1cc(Br)cc(C(Nc2ccc(C(=N)N)cc2)C(=O)[O-])c1OCC(N)=O.Cl. The van der Waals surface area contributed by atoms with Crippen LogP contribution in [-0.4, -0.2) is 24.3 Å². The zero-order chi connectivity index (χ0) is 20.8. The summed E-state index contributed by atoms with van der Waals surface area (Å²) in [5, 5.41) is 22.2. The van der Waals surface area contributed by atoms with Gasteiger partial charge in [0.1, 0.15) is 11.6 Å². The minimum atomic E-state index is -1.38. The maximum absolute atomic E-state index is 11.9. The third-order valence-corrected chi connectivity index (χ3v) is 4.41. The highest BCUT2D eigenvalue weighted by Crippen LogP contribution is 2.35. The summed E-state index contributed by atoms with van der Waals surface area (Å²) < 4.78 is 6.18. The molecule has 0 aliphatic rings. The molecule has 0 radical (unpaired) electrons. The highest BCUT2D eigenvalue weighted by molar-refractivity contribution is 9.10. The van der Waals surface area contributed by atoms with Gasteiger partial charge in [0.2, 0.25) is 0 Å². The van der Waals surface area contributed by atoms with Crippen molar-refractivity contribution < 1.29 is 19.4 Å². The predicted molar refractivity (Wildman–Crippen MR) is 114 cm³/mol. The van der Waals surface area contributed by atoms with Gasteiger partial charge in [0.25, 0.3) is 5.91 Å². The fourth-order valence-corrected chi connectivity index (χ4v) is 3.17. The van der Waals surface area contributed by atoms with E-state index >= 15 is 0 Å². The topological polar surface area (TPSA) is 154 Å². The molecule has 6 N–H and O–H groups in total. The number of carboxylic acids is 1. The molecule has 2 aromatic carbocycles. The minimum Gasteiger partial charge on any atom is -0.548 e. The summed E-state index contributed by atoms with van der Waals surface area (Å²) in [7, 11) is 0. The number of hydrogen-bond donors (Lipinski definition) is 4. The number of amides is 1. The van der Waals surface area contributed by atoms with E-state index in [9.17, 15) is 14.7 Å². The van der Waals surface area contributed by atoms with Crippen LogP contribution in [0.5, 0.6) is 5.75 Å². The van der Waals surface area contributed by atoms with Crippen molar-refractivity contribution >= 4 is 51.7 Å². The van der Waals surface area contributed by atoms with Crippen molar-refractivity contribution in [3.05, 3.63) is 57.6 Å². The van der Waals surface area contributed by atoms with Crippen LogP contribution in [0.3, 0.4) is 0 Å². The summed E-state index contributed by atoms with van der Waals surface area (Å²) in [6, 6.07) is 8.53. The third-order valence-electron chi connectivity index (χ3n) is 3.95. The van der Waals surface area contributed by atoms with E-state index in [1.54, 1.807) is 36.4 Å². The zero-order valence-corrected chi connectivity index (χ0v) is 17.9. The van der Waals surface area contributed by atoms with Gasteiger partial charge >= 0.3 is 0 Å². The van der Waals surface area contributed by atoms with Crippen LogP contribution in [0.15, 0.2) is 40.9 Å². The standard InChI is InChI=1S/C19H21BrN4O4.ClH/c1-2-10-7-12(20)8-14(17(10)28-9-15(21)25)16(19(26)27)24-13-5-3-11(4-6-13)18(22)23;/h3-8,16,24H,2,9H2,1H3,(H2,21,25)(H3,22,23)(H,26,27);1H/p-1. The van der Waals surface area contributed by atoms with Gasteiger partial charge in [0.05, 0.1) is 12.0 Å². The summed E-state index contributed by atoms with van der Waals surface area (Å²) in [5.41, 5.74) is 12.6. The second-order valence-electron chi connectivity index (χ2n) is 5.98. The fraction of sp³-hybridized carbons (Fsp3) is 0.211. The molecule has 0 saturated carbocycles. The molecular formula is C19H21BrClN4O4-. The highest BCUT2D eigenvalue weighted by Gasteiger charge is 2.21. The van der Waals surface area contributed by atoms with Crippen LogP contribution in [-0.2, 0) is 16.0 Å². The number of aryl methyl sites for hydroxylation is 1. The van der Waals surface area contributed by atoms with Gasteiger partial charge < -0.3 is 31.4 Å². The van der Waals surface area contributed by atoms with Crippen molar-refractivity contribution in [2.45, 2.75) is 19.4 Å². The smallest absolute Gasteiger partial charge is 0.255 e. The predicted octanol–water partition coefficient (Wildman–Crippen LogP) is 1.48. The zero-order valence-electron chi connectivity index (χ0n) is 15.5. The van der Waals surface area contributed by atoms with E-state index in [2.05, 4.69) is 21.2 Å². The number of anilines is 1. The number of halogens is 2. The van der Waals surface area contributed by atoms with Crippen LogP contribution in [0.1, 0.15) is 29.7 Å². The molecule has 0 aliphatic heterocycles. The molecule has 0 spiro atoms. The Morgan fingerprint density at radius 2 is 1.86 bits per heavy atom. The number of nitrogens with two attached hydrogens (primary N) is 2. The first-order valence-corrected chi connectivity index (χ1v) is 9.17. The lowest BCUT2D eigenvalue weighted by Gasteiger charge is -2.25. The van der Waals surface area contributed by atoms with Crippen LogP contribution in [0.25, 0.3) is 0 Å². The molecular weight excluding hydrogens is 464 g/mol. The number of amidine groups is 1. The van der Waals surface area contributed by atoms with Gasteiger partial charge in [-0.25, -0.2) is 0 Å². The maximum atomic E-state index is 11.9. The summed E-state index contributed by atoms with van der Waals surface area (Å²) in [4.78, 5) is 23.0. The number of carbonyl (C=O) groups is 2. The normalized spacial score (nSPS) is 11.1. The lowest BCUT2D eigenvalue weighted by Crippen LogP contribution is -2.35. The van der Waals surface area contributed by atoms with E-state index in [4.69, 9.17) is 21.6 Å². The van der Waals surface area contributed by atoms with E-state index in [0.717, 1.165) is 0 Å². The second kappa shape index (κ2) is 10.7. The van der Waals surface area contributed by atoms with Crippen LogP contribution in [0.2, 0.25) is 0 Å². The number of ether oxygens (including phenoxy) is 1. The van der Waals surface area contributed by atoms with Crippen LogP contribution in [0.4, 0.5) is 5.69 Å². The molecule has 1 unspecified atom stereocenters. The Bertz CT molecular complexity index is 906. The Morgan fingerprint density at radius 3 is 2.34 bits per heavy atom. The average Bonchev–Trinajstić information content (AvgIpc) is 2.64. The van der Waals surface area contributed by atoms with Gasteiger partial charge in [-0.2, -0.15) is 0 Å². The van der Waals surface area contributed by atoms with Crippen molar-refractivity contribution in [3.8, 4) is 5.75 Å². The van der Waals surface area contributed by atoms with Crippen LogP contribution >= 0.6 is 28.3 Å². The van der Waals surface area contributed by atoms with Gasteiger partial charge in [-0.15, -0.1) is 12.4 Å². The van der Waals surface area contributed by atoms with Crippen molar-refractivity contribution in [2.24, 2.45) is 11.5 Å². The van der Waals surface area contributed by atoms with Gasteiger partial charge in [-0.05, 0) is 48.4 Å². The average molecular weight is 485 g/mol. The van der Waals surface area contributed by atoms with E-state index in [0.29, 0.717) is 33.3 Å². The van der Waals surface area contributed by atoms with Crippen molar-refractivity contribution in [3.63, 3.8) is 0 Å². The summed E-state index contributed by atoms with van der Waals surface area (Å²) in [5.74, 6) is -1.87. The number of benzene rings is 2. The molecule has 1 atom stereocenters. The number of hydrogen-bond acceptors (Lipinski definition) is 6. The monoisotopic (exact) mass is 483 g/mol. The van der Waals surface area contributed by atoms with Crippen molar-refractivity contribution in [2.75, 3.05) is 11.9 Å². The van der Waals surface area contributed by atoms with Gasteiger partial charge in [-0.3, -0.25) is 10.2 Å². The highest BCUT2D eigenvalue weighted by atomic mass is 79.9. The minimum absolute atomic E-state index is 0. The van der Waals surface area contributed by atoms with E-state index < -0.39 is 17.9 Å². The molecule has 0 saturated heterocycles. The number of aliphatic carboxylic acids is 1. The first-order valence-electron chi connectivity index (χ1n) is 8.38. The molecule has 0 bridgehead atoms. The van der Waals surface area contributed by atoms with Gasteiger partial charge in [0, 0.05) is 21.3 Å². The van der Waals surface area contributed by atoms with Gasteiger partial charge in [0.15, 0.2) is 6.61 Å². The lowest BCUT2D eigenvalue weighted by molar-refractivity contribution is -0.307. The number of nitrogen functional groups attached to an aromatic ring is 1. The molecule has 2 aromatic rings. The number of carboxylic acid groups (broad SMARTS) is 1. The Balaban J connectivity index is 0.00000420. The Labute approximate surface area is 182 Å². The molecule has 29 heavy (non-hydrogen) atoms. The lowest BCUT2D eigenvalue weighted by atomic mass is 10.00. The van der Waals surface area contributed by atoms with E-state index in [1.165, 1.54) is 0 Å². The number of rotatable bonds is 9. The first kappa shape index (κ1) is 24.3. The molecule has 1 amide bonds. The quantitative estimate of drug-likeness (QED) is 0.312. The molecule has 156 valence electrons.